The third-order valence-corrected chi connectivity index (χ3v) is 7.15. The Labute approximate surface area is 126 Å². The Kier molecular flexibility index (Phi) is 2.68. The van der Waals surface area contributed by atoms with Crippen molar-refractivity contribution in [2.45, 2.75) is 58.8 Å². The number of rotatable bonds is 0. The van der Waals surface area contributed by atoms with Gasteiger partial charge in [0.05, 0.1) is 5.41 Å². The van der Waals surface area contributed by atoms with Crippen molar-refractivity contribution in [1.29, 1.82) is 0 Å². The molecule has 0 unspecified atom stereocenters. The third kappa shape index (κ3) is 1.65. The van der Waals surface area contributed by atoms with E-state index >= 15 is 0 Å². The Morgan fingerprint density at radius 1 is 1.05 bits per heavy atom. The van der Waals surface area contributed by atoms with Crippen molar-refractivity contribution in [3.8, 4) is 0 Å². The predicted octanol–water partition coefficient (Wildman–Crippen LogP) is 4.01. The van der Waals surface area contributed by atoms with Crippen molar-refractivity contribution in [1.82, 2.24) is 0 Å². The number of hydrogen-bond acceptors (Lipinski definition) is 2. The summed E-state index contributed by atoms with van der Waals surface area (Å²) in [5, 5.41) is 0. The highest BCUT2D eigenvalue weighted by Gasteiger charge is 2.54. The molecule has 0 aromatic carbocycles. The Bertz CT molecular complexity index is 597. The summed E-state index contributed by atoms with van der Waals surface area (Å²) in [6, 6.07) is 0. The average Bonchev–Trinajstić information content (AvgIpc) is 2.76. The van der Waals surface area contributed by atoms with Crippen molar-refractivity contribution >= 4 is 11.6 Å². The fourth-order valence-corrected chi connectivity index (χ4v) is 5.65. The maximum absolute atomic E-state index is 12.2. The van der Waals surface area contributed by atoms with Gasteiger partial charge in [-0.2, -0.15) is 0 Å². The highest BCUT2D eigenvalue weighted by molar-refractivity contribution is 6.01. The summed E-state index contributed by atoms with van der Waals surface area (Å²) in [7, 11) is 0. The second kappa shape index (κ2) is 4.18. The fraction of sp³-hybridized carbons (Fsp3) is 0.684. The van der Waals surface area contributed by atoms with Gasteiger partial charge in [-0.25, -0.2) is 0 Å². The van der Waals surface area contributed by atoms with Gasteiger partial charge in [0.1, 0.15) is 5.78 Å². The minimum Gasteiger partial charge on any atom is -0.300 e. The summed E-state index contributed by atoms with van der Waals surface area (Å²) in [4.78, 5) is 24.1. The SMILES string of the molecule is C[C@]12CC[C@H]3C(=C1C=CC2=O)CC[C@@H]1CC(=O)CC[C@@]13C. The molecule has 2 fully saturated rings. The number of carbonyl (C=O) groups excluding carboxylic acids is 2. The smallest absolute Gasteiger partial charge is 0.165 e. The van der Waals surface area contributed by atoms with Crippen LogP contribution in [0.5, 0.6) is 0 Å². The van der Waals surface area contributed by atoms with Gasteiger partial charge in [-0.1, -0.05) is 18.6 Å². The molecule has 0 spiro atoms. The first-order chi connectivity index (χ1) is 9.95. The number of carbonyl (C=O) groups is 2. The number of Topliss-reactive ketones (excluding diaryl/α,β-unsaturated/α-hetero) is 1. The summed E-state index contributed by atoms with van der Waals surface area (Å²) in [5.41, 5.74) is 2.94. The molecular formula is C19H24O2. The number of fused-ring (bicyclic) bond motifs is 4. The van der Waals surface area contributed by atoms with Gasteiger partial charge in [-0.05, 0) is 67.9 Å². The quantitative estimate of drug-likeness (QED) is 0.673. The van der Waals surface area contributed by atoms with Crippen LogP contribution in [0.3, 0.4) is 0 Å². The third-order valence-electron chi connectivity index (χ3n) is 7.15. The molecule has 0 aromatic rings. The Balaban J connectivity index is 1.78. The molecule has 0 radical (unpaired) electrons. The second-order valence-electron chi connectivity index (χ2n) is 8.04. The van der Waals surface area contributed by atoms with Gasteiger partial charge in [-0.15, -0.1) is 0 Å². The average molecular weight is 284 g/mol. The zero-order chi connectivity index (χ0) is 14.8. The van der Waals surface area contributed by atoms with E-state index in [9.17, 15) is 9.59 Å². The Hall–Kier alpha value is -1.18. The van der Waals surface area contributed by atoms with Crippen LogP contribution in [-0.2, 0) is 9.59 Å². The lowest BCUT2D eigenvalue weighted by molar-refractivity contribution is -0.127. The molecule has 0 aromatic heterocycles. The molecule has 0 N–H and O–H groups in total. The van der Waals surface area contributed by atoms with Gasteiger partial charge in [0.15, 0.2) is 5.78 Å². The lowest BCUT2D eigenvalue weighted by atomic mass is 9.49. The largest absolute Gasteiger partial charge is 0.300 e. The molecule has 2 nitrogen and oxygen atoms in total. The summed E-state index contributed by atoms with van der Waals surface area (Å²) in [6.45, 7) is 4.55. The molecule has 2 heteroatoms. The van der Waals surface area contributed by atoms with Crippen LogP contribution in [-0.4, -0.2) is 11.6 Å². The van der Waals surface area contributed by atoms with Gasteiger partial charge >= 0.3 is 0 Å². The van der Waals surface area contributed by atoms with Crippen molar-refractivity contribution in [2.24, 2.45) is 22.7 Å². The number of allylic oxidation sites excluding steroid dienone is 4. The van der Waals surface area contributed by atoms with E-state index in [0.717, 1.165) is 44.9 Å². The van der Waals surface area contributed by atoms with Crippen molar-refractivity contribution in [3.63, 3.8) is 0 Å². The van der Waals surface area contributed by atoms with Crippen LogP contribution < -0.4 is 0 Å². The van der Waals surface area contributed by atoms with Crippen molar-refractivity contribution in [2.75, 3.05) is 0 Å². The van der Waals surface area contributed by atoms with Gasteiger partial charge < -0.3 is 0 Å². The van der Waals surface area contributed by atoms with E-state index in [1.807, 2.05) is 0 Å². The second-order valence-corrected chi connectivity index (χ2v) is 8.04. The molecule has 0 aliphatic heterocycles. The molecule has 0 saturated heterocycles. The molecule has 112 valence electrons. The monoisotopic (exact) mass is 284 g/mol. The zero-order valence-electron chi connectivity index (χ0n) is 13.1. The molecule has 0 heterocycles. The van der Waals surface area contributed by atoms with Crippen LogP contribution in [0.1, 0.15) is 58.8 Å². The van der Waals surface area contributed by atoms with Crippen LogP contribution in [0.25, 0.3) is 0 Å². The lowest BCUT2D eigenvalue weighted by Gasteiger charge is -2.54. The molecular weight excluding hydrogens is 260 g/mol. The Morgan fingerprint density at radius 3 is 2.67 bits per heavy atom. The van der Waals surface area contributed by atoms with Crippen LogP contribution in [0, 0.1) is 22.7 Å². The van der Waals surface area contributed by atoms with E-state index in [0.29, 0.717) is 23.4 Å². The zero-order valence-corrected chi connectivity index (χ0v) is 13.1. The summed E-state index contributed by atoms with van der Waals surface area (Å²) in [5.74, 6) is 1.93. The minimum atomic E-state index is -0.237. The van der Waals surface area contributed by atoms with Crippen molar-refractivity contribution in [3.05, 3.63) is 23.3 Å². The van der Waals surface area contributed by atoms with Crippen LogP contribution in [0.2, 0.25) is 0 Å². The molecule has 4 rings (SSSR count). The minimum absolute atomic E-state index is 0.237. The van der Waals surface area contributed by atoms with Gasteiger partial charge in [0.2, 0.25) is 0 Å². The molecule has 0 bridgehead atoms. The van der Waals surface area contributed by atoms with E-state index in [2.05, 4.69) is 19.9 Å². The maximum atomic E-state index is 12.2. The van der Waals surface area contributed by atoms with Crippen LogP contribution in [0.15, 0.2) is 23.3 Å². The van der Waals surface area contributed by atoms with Crippen LogP contribution in [0.4, 0.5) is 0 Å². The summed E-state index contributed by atoms with van der Waals surface area (Å²) < 4.78 is 0. The van der Waals surface area contributed by atoms with Crippen LogP contribution >= 0.6 is 0 Å². The topological polar surface area (TPSA) is 34.1 Å². The molecule has 4 aliphatic carbocycles. The van der Waals surface area contributed by atoms with E-state index in [1.54, 1.807) is 11.6 Å². The van der Waals surface area contributed by atoms with E-state index in [4.69, 9.17) is 0 Å². The summed E-state index contributed by atoms with van der Waals surface area (Å²) >= 11 is 0. The predicted molar refractivity (Wildman–Crippen MR) is 81.7 cm³/mol. The molecule has 4 atom stereocenters. The lowest BCUT2D eigenvalue weighted by Crippen LogP contribution is -2.47. The van der Waals surface area contributed by atoms with Gasteiger partial charge in [-0.3, -0.25) is 9.59 Å². The normalized spacial score (nSPS) is 45.4. The standard InChI is InChI=1S/C19H24O2/c1-18-9-7-13(20)11-12(18)3-4-14-15-5-6-17(21)19(15,2)10-8-16(14)18/h5-6,12,16H,3-4,7-11H2,1-2H3/t12-,16+,18+,19+/m1/s1. The first-order valence-corrected chi connectivity index (χ1v) is 8.43. The highest BCUT2D eigenvalue weighted by Crippen LogP contribution is 2.61. The van der Waals surface area contributed by atoms with Gasteiger partial charge in [0.25, 0.3) is 0 Å². The van der Waals surface area contributed by atoms with Crippen molar-refractivity contribution < 1.29 is 9.59 Å². The van der Waals surface area contributed by atoms with E-state index in [1.165, 1.54) is 5.57 Å². The Morgan fingerprint density at radius 2 is 1.86 bits per heavy atom. The number of hydrogen-bond donors (Lipinski definition) is 0. The number of ketones is 2. The van der Waals surface area contributed by atoms with E-state index in [-0.39, 0.29) is 10.8 Å². The first kappa shape index (κ1) is 13.5. The maximum Gasteiger partial charge on any atom is 0.165 e. The fourth-order valence-electron chi connectivity index (χ4n) is 5.65. The summed E-state index contributed by atoms with van der Waals surface area (Å²) in [6.07, 6.45) is 10.8. The molecule has 4 aliphatic rings. The van der Waals surface area contributed by atoms with E-state index < -0.39 is 0 Å². The molecule has 2 saturated carbocycles. The van der Waals surface area contributed by atoms with Gasteiger partial charge in [0, 0.05) is 12.8 Å². The first-order valence-electron chi connectivity index (χ1n) is 8.43. The molecule has 0 amide bonds. The molecule has 21 heavy (non-hydrogen) atoms. The highest BCUT2D eigenvalue weighted by atomic mass is 16.1.